The van der Waals surface area contributed by atoms with Gasteiger partial charge in [-0.1, -0.05) is 29.8 Å². The molecule has 0 saturated heterocycles. The number of fused-ring (bicyclic) bond motifs is 1. The molecule has 3 rings (SSSR count). The third-order valence-electron chi connectivity index (χ3n) is 3.74. The lowest BCUT2D eigenvalue weighted by Crippen LogP contribution is -2.22. The zero-order valence-electron chi connectivity index (χ0n) is 13.0. The molecule has 1 aromatic carbocycles. The van der Waals surface area contributed by atoms with Crippen molar-refractivity contribution in [3.05, 3.63) is 41.5 Å². The van der Waals surface area contributed by atoms with Crippen LogP contribution in [0.5, 0.6) is 0 Å². The summed E-state index contributed by atoms with van der Waals surface area (Å²) < 4.78 is 0. The van der Waals surface area contributed by atoms with Gasteiger partial charge in [0.25, 0.3) is 0 Å². The van der Waals surface area contributed by atoms with E-state index >= 15 is 0 Å². The molecular weight excluding hydrogens is 310 g/mol. The van der Waals surface area contributed by atoms with Crippen LogP contribution in [0.15, 0.2) is 36.0 Å². The molecule has 0 aliphatic heterocycles. The predicted octanol–water partition coefficient (Wildman–Crippen LogP) is 3.58. The van der Waals surface area contributed by atoms with E-state index < -0.39 is 5.97 Å². The van der Waals surface area contributed by atoms with Crippen LogP contribution in [0.25, 0.3) is 21.3 Å². The van der Waals surface area contributed by atoms with Crippen LogP contribution < -0.4 is 4.90 Å². The summed E-state index contributed by atoms with van der Waals surface area (Å²) >= 11 is 1.57. The van der Waals surface area contributed by atoms with Crippen LogP contribution in [0.3, 0.4) is 0 Å². The summed E-state index contributed by atoms with van der Waals surface area (Å²) in [7, 11) is 1.86. The summed E-state index contributed by atoms with van der Waals surface area (Å²) in [6.07, 6.45) is 1.61. The average Bonchev–Trinajstić information content (AvgIpc) is 2.97. The summed E-state index contributed by atoms with van der Waals surface area (Å²) in [5.74, 6) is -0.0423. The zero-order valence-corrected chi connectivity index (χ0v) is 13.8. The lowest BCUT2D eigenvalue weighted by Gasteiger charge is -2.18. The number of hydrogen-bond donors (Lipinski definition) is 1. The van der Waals surface area contributed by atoms with E-state index in [0.29, 0.717) is 6.54 Å². The number of aryl methyl sites for hydroxylation is 1. The number of aliphatic carboxylic acids is 1. The van der Waals surface area contributed by atoms with Gasteiger partial charge in [0.15, 0.2) is 0 Å². The summed E-state index contributed by atoms with van der Waals surface area (Å²) in [6, 6.07) is 8.34. The second-order valence-corrected chi connectivity index (χ2v) is 6.32. The number of carbonyl (C=O) groups is 1. The fraction of sp³-hybridized carbons (Fsp3) is 0.235. The van der Waals surface area contributed by atoms with Crippen molar-refractivity contribution >= 4 is 33.3 Å². The molecule has 2 aromatic heterocycles. The Morgan fingerprint density at radius 3 is 2.70 bits per heavy atom. The molecule has 0 saturated carbocycles. The number of nitrogens with zero attached hydrogens (tertiary/aromatic N) is 3. The molecule has 23 heavy (non-hydrogen) atoms. The van der Waals surface area contributed by atoms with Gasteiger partial charge in [-0.25, -0.2) is 9.97 Å². The number of carboxylic acid groups (broad SMARTS) is 1. The van der Waals surface area contributed by atoms with Crippen molar-refractivity contribution in [2.45, 2.75) is 13.3 Å². The molecule has 2 heterocycles. The van der Waals surface area contributed by atoms with Crippen LogP contribution in [0.2, 0.25) is 0 Å². The maximum atomic E-state index is 10.8. The number of hydrogen-bond acceptors (Lipinski definition) is 5. The molecule has 3 aromatic rings. The topological polar surface area (TPSA) is 66.3 Å². The monoisotopic (exact) mass is 327 g/mol. The van der Waals surface area contributed by atoms with Crippen molar-refractivity contribution in [3.63, 3.8) is 0 Å². The number of aromatic nitrogens is 2. The highest BCUT2D eigenvalue weighted by Gasteiger charge is 2.16. The molecule has 0 spiro atoms. The number of carboxylic acids is 1. The van der Waals surface area contributed by atoms with Crippen LogP contribution in [-0.2, 0) is 4.79 Å². The molecule has 0 aliphatic carbocycles. The van der Waals surface area contributed by atoms with E-state index in [1.54, 1.807) is 11.3 Å². The van der Waals surface area contributed by atoms with Gasteiger partial charge >= 0.3 is 5.97 Å². The number of benzene rings is 1. The first-order valence-electron chi connectivity index (χ1n) is 7.28. The van der Waals surface area contributed by atoms with Crippen molar-refractivity contribution in [1.82, 2.24) is 9.97 Å². The summed E-state index contributed by atoms with van der Waals surface area (Å²) in [5, 5.41) is 11.9. The third-order valence-corrected chi connectivity index (χ3v) is 4.62. The normalized spacial score (nSPS) is 10.9. The predicted molar refractivity (Wildman–Crippen MR) is 93.1 cm³/mol. The Balaban J connectivity index is 2.07. The summed E-state index contributed by atoms with van der Waals surface area (Å²) in [6.45, 7) is 2.47. The highest BCUT2D eigenvalue weighted by molar-refractivity contribution is 7.17. The van der Waals surface area contributed by atoms with Crippen LogP contribution in [-0.4, -0.2) is 34.6 Å². The minimum Gasteiger partial charge on any atom is -0.481 e. The second-order valence-electron chi connectivity index (χ2n) is 5.46. The fourth-order valence-corrected chi connectivity index (χ4v) is 3.37. The van der Waals surface area contributed by atoms with Gasteiger partial charge in [0.2, 0.25) is 0 Å². The highest BCUT2D eigenvalue weighted by Crippen LogP contribution is 2.37. The molecule has 0 fully saturated rings. The molecular formula is C17H17N3O2S. The van der Waals surface area contributed by atoms with Crippen LogP contribution in [0, 0.1) is 6.92 Å². The largest absolute Gasteiger partial charge is 0.481 e. The van der Waals surface area contributed by atoms with Gasteiger partial charge < -0.3 is 10.0 Å². The van der Waals surface area contributed by atoms with E-state index in [9.17, 15) is 4.79 Å². The van der Waals surface area contributed by atoms with E-state index in [1.807, 2.05) is 11.9 Å². The van der Waals surface area contributed by atoms with Crippen LogP contribution in [0.4, 0.5) is 5.82 Å². The minimum absolute atomic E-state index is 0.0754. The Kier molecular flexibility index (Phi) is 4.25. The van der Waals surface area contributed by atoms with E-state index in [2.05, 4.69) is 46.5 Å². The maximum absolute atomic E-state index is 10.8. The molecule has 0 bridgehead atoms. The number of anilines is 1. The Labute approximate surface area is 138 Å². The Morgan fingerprint density at radius 1 is 1.26 bits per heavy atom. The Hall–Kier alpha value is -2.47. The van der Waals surface area contributed by atoms with Crippen LogP contribution >= 0.6 is 11.3 Å². The van der Waals surface area contributed by atoms with Gasteiger partial charge in [0.05, 0.1) is 11.8 Å². The number of rotatable bonds is 5. The average molecular weight is 327 g/mol. The Bertz CT molecular complexity index is 843. The van der Waals surface area contributed by atoms with Gasteiger partial charge in [-0.3, -0.25) is 4.79 Å². The standard InChI is InChI=1S/C17H17N3O2S/c1-11-3-5-12(6-4-11)13-9-23-17-15(13)16(18-10-19-17)20(2)8-7-14(21)22/h3-6,9-10H,7-8H2,1-2H3,(H,21,22). The second kappa shape index (κ2) is 6.34. The molecule has 0 atom stereocenters. The van der Waals surface area contributed by atoms with E-state index in [4.69, 9.17) is 5.11 Å². The van der Waals surface area contributed by atoms with Gasteiger partial charge in [-0.2, -0.15) is 0 Å². The SMILES string of the molecule is Cc1ccc(-c2csc3ncnc(N(C)CCC(=O)O)c23)cc1. The molecule has 1 N–H and O–H groups in total. The zero-order chi connectivity index (χ0) is 16.4. The first-order valence-corrected chi connectivity index (χ1v) is 8.16. The summed E-state index contributed by atoms with van der Waals surface area (Å²) in [4.78, 5) is 22.3. The van der Waals surface area contributed by atoms with Crippen molar-refractivity contribution in [2.24, 2.45) is 0 Å². The van der Waals surface area contributed by atoms with Gasteiger partial charge in [0, 0.05) is 24.5 Å². The first kappa shape index (κ1) is 15.4. The molecule has 0 radical (unpaired) electrons. The maximum Gasteiger partial charge on any atom is 0.305 e. The van der Waals surface area contributed by atoms with Crippen molar-refractivity contribution < 1.29 is 9.90 Å². The fourth-order valence-electron chi connectivity index (χ4n) is 2.46. The minimum atomic E-state index is -0.814. The van der Waals surface area contributed by atoms with Crippen LogP contribution in [0.1, 0.15) is 12.0 Å². The van der Waals surface area contributed by atoms with E-state index in [0.717, 1.165) is 27.2 Å². The highest BCUT2D eigenvalue weighted by atomic mass is 32.1. The van der Waals surface area contributed by atoms with Gasteiger partial charge in [-0.15, -0.1) is 11.3 Å². The molecule has 6 heteroatoms. The van der Waals surface area contributed by atoms with Gasteiger partial charge in [-0.05, 0) is 12.5 Å². The smallest absolute Gasteiger partial charge is 0.305 e. The van der Waals surface area contributed by atoms with Crippen molar-refractivity contribution in [1.29, 1.82) is 0 Å². The van der Waals surface area contributed by atoms with E-state index in [1.165, 1.54) is 11.9 Å². The number of thiophene rings is 1. The molecule has 0 unspecified atom stereocenters. The first-order chi connectivity index (χ1) is 11.1. The quantitative estimate of drug-likeness (QED) is 0.776. The van der Waals surface area contributed by atoms with Gasteiger partial charge in [0.1, 0.15) is 17.0 Å². The molecule has 0 aliphatic rings. The molecule has 118 valence electrons. The third kappa shape index (κ3) is 3.17. The van der Waals surface area contributed by atoms with Crippen molar-refractivity contribution in [2.75, 3.05) is 18.5 Å². The Morgan fingerprint density at radius 2 is 2.00 bits per heavy atom. The molecule has 0 amide bonds. The summed E-state index contributed by atoms with van der Waals surface area (Å²) in [5.41, 5.74) is 3.41. The molecule has 5 nitrogen and oxygen atoms in total. The lowest BCUT2D eigenvalue weighted by atomic mass is 10.0. The van der Waals surface area contributed by atoms with Crippen molar-refractivity contribution in [3.8, 4) is 11.1 Å². The lowest BCUT2D eigenvalue weighted by molar-refractivity contribution is -0.136. The van der Waals surface area contributed by atoms with E-state index in [-0.39, 0.29) is 6.42 Å².